The number of benzene rings is 1. The molecule has 1 aliphatic rings. The van der Waals surface area contributed by atoms with Gasteiger partial charge in [0.15, 0.2) is 0 Å². The summed E-state index contributed by atoms with van der Waals surface area (Å²) in [5, 5.41) is 3.42. The molecule has 0 bridgehead atoms. The van der Waals surface area contributed by atoms with E-state index in [9.17, 15) is 9.59 Å². The second-order valence-electron chi connectivity index (χ2n) is 6.73. The van der Waals surface area contributed by atoms with Gasteiger partial charge in [0.1, 0.15) is 5.41 Å². The lowest BCUT2D eigenvalue weighted by Gasteiger charge is -2.39. The largest absolute Gasteiger partial charge is 0.339 e. The van der Waals surface area contributed by atoms with E-state index in [1.54, 1.807) is 32.0 Å². The van der Waals surface area contributed by atoms with Gasteiger partial charge in [0.05, 0.1) is 15.7 Å². The number of anilines is 1. The van der Waals surface area contributed by atoms with Crippen LogP contribution < -0.4 is 5.32 Å². The number of nitrogens with zero attached hydrogens (tertiary/aromatic N) is 1. The van der Waals surface area contributed by atoms with E-state index in [-0.39, 0.29) is 11.9 Å². The summed E-state index contributed by atoms with van der Waals surface area (Å²) in [7, 11) is 0. The zero-order chi connectivity index (χ0) is 17.9. The fraction of sp³-hybridized carbons (Fsp3) is 0.556. The van der Waals surface area contributed by atoms with Gasteiger partial charge in [-0.3, -0.25) is 9.59 Å². The Kier molecular flexibility index (Phi) is 6.16. The molecule has 2 rings (SSSR count). The van der Waals surface area contributed by atoms with Crippen LogP contribution in [0.1, 0.15) is 46.5 Å². The van der Waals surface area contributed by atoms with Gasteiger partial charge in [-0.15, -0.1) is 0 Å². The van der Waals surface area contributed by atoms with Crippen molar-refractivity contribution in [3.63, 3.8) is 0 Å². The zero-order valence-corrected chi connectivity index (χ0v) is 15.9. The lowest BCUT2D eigenvalue weighted by molar-refractivity contribution is -0.149. The molecule has 1 heterocycles. The van der Waals surface area contributed by atoms with Crippen molar-refractivity contribution in [3.05, 3.63) is 28.2 Å². The van der Waals surface area contributed by atoms with Gasteiger partial charge in [0.2, 0.25) is 11.8 Å². The zero-order valence-electron chi connectivity index (χ0n) is 14.4. The first kappa shape index (κ1) is 19.1. The number of rotatable bonds is 4. The van der Waals surface area contributed by atoms with Crippen molar-refractivity contribution in [3.8, 4) is 0 Å². The fourth-order valence-corrected chi connectivity index (χ4v) is 3.53. The Balaban J connectivity index is 2.19. The van der Waals surface area contributed by atoms with Crippen molar-refractivity contribution in [2.24, 2.45) is 5.41 Å². The quantitative estimate of drug-likeness (QED) is 0.777. The van der Waals surface area contributed by atoms with E-state index in [1.165, 1.54) is 0 Å². The third-order valence-electron chi connectivity index (χ3n) is 4.66. The number of nitrogens with one attached hydrogen (secondary N) is 1. The van der Waals surface area contributed by atoms with Crippen molar-refractivity contribution < 1.29 is 9.59 Å². The highest BCUT2D eigenvalue weighted by Crippen LogP contribution is 2.33. The number of amides is 2. The molecular formula is C18H24Cl2N2O2. The molecule has 24 heavy (non-hydrogen) atoms. The summed E-state index contributed by atoms with van der Waals surface area (Å²) in [5.41, 5.74) is -0.842. The third-order valence-corrected chi connectivity index (χ3v) is 5.29. The van der Waals surface area contributed by atoms with Crippen LogP contribution in [0.15, 0.2) is 18.2 Å². The number of hydrogen-bond donors (Lipinski definition) is 1. The van der Waals surface area contributed by atoms with E-state index in [0.29, 0.717) is 22.3 Å². The molecule has 1 N–H and O–H groups in total. The summed E-state index contributed by atoms with van der Waals surface area (Å²) < 4.78 is 0. The summed E-state index contributed by atoms with van der Waals surface area (Å²) in [6.45, 7) is 6.08. The maximum atomic E-state index is 13.0. The van der Waals surface area contributed by atoms with Crippen LogP contribution in [0, 0.1) is 5.41 Å². The Bertz CT molecular complexity index is 611. The molecule has 0 spiro atoms. The molecule has 1 aliphatic heterocycles. The number of carbonyl (C=O) groups excluding carboxylic acids is 2. The lowest BCUT2D eigenvalue weighted by atomic mass is 9.87. The average Bonchev–Trinajstić information content (AvgIpc) is 2.57. The lowest BCUT2D eigenvalue weighted by Crippen LogP contribution is -2.52. The van der Waals surface area contributed by atoms with Crippen LogP contribution in [0.5, 0.6) is 0 Å². The van der Waals surface area contributed by atoms with Crippen molar-refractivity contribution in [2.75, 3.05) is 11.9 Å². The first-order valence-corrected chi connectivity index (χ1v) is 9.11. The van der Waals surface area contributed by atoms with Crippen LogP contribution in [0.3, 0.4) is 0 Å². The van der Waals surface area contributed by atoms with Gasteiger partial charge in [-0.05, 0) is 51.7 Å². The van der Waals surface area contributed by atoms with E-state index in [1.807, 2.05) is 4.90 Å². The van der Waals surface area contributed by atoms with Crippen molar-refractivity contribution in [1.82, 2.24) is 4.90 Å². The van der Waals surface area contributed by atoms with Gasteiger partial charge in [-0.25, -0.2) is 0 Å². The molecule has 1 saturated heterocycles. The van der Waals surface area contributed by atoms with Crippen molar-refractivity contribution in [1.29, 1.82) is 0 Å². The molecule has 4 nitrogen and oxygen atoms in total. The fourth-order valence-electron chi connectivity index (χ4n) is 3.04. The SMILES string of the molecule is CCC1CCCCN1C(=O)C(C)(C)C(=O)Nc1c(Cl)cccc1Cl. The van der Waals surface area contributed by atoms with Gasteiger partial charge in [-0.1, -0.05) is 36.2 Å². The monoisotopic (exact) mass is 370 g/mol. The Labute approximate surface area is 153 Å². The molecule has 132 valence electrons. The van der Waals surface area contributed by atoms with E-state index in [2.05, 4.69) is 12.2 Å². The van der Waals surface area contributed by atoms with Crippen LogP contribution in [0.4, 0.5) is 5.69 Å². The van der Waals surface area contributed by atoms with Crippen LogP contribution in [0.25, 0.3) is 0 Å². The smallest absolute Gasteiger partial charge is 0.239 e. The van der Waals surface area contributed by atoms with Crippen LogP contribution in [-0.2, 0) is 9.59 Å². The predicted octanol–water partition coefficient (Wildman–Crippen LogP) is 4.75. The first-order valence-electron chi connectivity index (χ1n) is 8.35. The van der Waals surface area contributed by atoms with Crippen LogP contribution in [0.2, 0.25) is 10.0 Å². The molecule has 0 aliphatic carbocycles. The molecule has 1 unspecified atom stereocenters. The second-order valence-corrected chi connectivity index (χ2v) is 7.55. The summed E-state index contributed by atoms with van der Waals surface area (Å²) in [5.74, 6) is -0.544. The van der Waals surface area contributed by atoms with Crippen LogP contribution >= 0.6 is 23.2 Å². The molecule has 1 aromatic rings. The van der Waals surface area contributed by atoms with Gasteiger partial charge >= 0.3 is 0 Å². The summed E-state index contributed by atoms with van der Waals surface area (Å²) >= 11 is 12.2. The molecule has 1 atom stereocenters. The highest BCUT2D eigenvalue weighted by molar-refractivity contribution is 6.40. The Morgan fingerprint density at radius 1 is 1.25 bits per heavy atom. The Morgan fingerprint density at radius 3 is 2.46 bits per heavy atom. The second kappa shape index (κ2) is 7.75. The molecule has 0 saturated carbocycles. The summed E-state index contributed by atoms with van der Waals surface area (Å²) in [6, 6.07) is 5.21. The van der Waals surface area contributed by atoms with Gasteiger partial charge in [-0.2, -0.15) is 0 Å². The summed E-state index contributed by atoms with van der Waals surface area (Å²) in [6.07, 6.45) is 4.01. The number of likely N-dealkylation sites (tertiary alicyclic amines) is 1. The number of halogens is 2. The minimum Gasteiger partial charge on any atom is -0.339 e. The van der Waals surface area contributed by atoms with E-state index >= 15 is 0 Å². The van der Waals surface area contributed by atoms with Gasteiger partial charge in [0, 0.05) is 12.6 Å². The minimum atomic E-state index is -1.19. The predicted molar refractivity (Wildman–Crippen MR) is 98.5 cm³/mol. The minimum absolute atomic E-state index is 0.144. The molecule has 1 aromatic carbocycles. The number of piperidine rings is 1. The molecule has 0 aromatic heterocycles. The van der Waals surface area contributed by atoms with E-state index in [4.69, 9.17) is 23.2 Å². The summed E-state index contributed by atoms with van der Waals surface area (Å²) in [4.78, 5) is 27.6. The number of carbonyl (C=O) groups is 2. The van der Waals surface area contributed by atoms with E-state index < -0.39 is 11.3 Å². The van der Waals surface area contributed by atoms with Crippen molar-refractivity contribution in [2.45, 2.75) is 52.5 Å². The molecule has 0 radical (unpaired) electrons. The first-order chi connectivity index (χ1) is 11.3. The molecule has 2 amide bonds. The standard InChI is InChI=1S/C18H24Cl2N2O2/c1-4-12-8-5-6-11-22(12)17(24)18(2,3)16(23)21-15-13(19)9-7-10-14(15)20/h7,9-10,12H,4-6,8,11H2,1-3H3,(H,21,23). The third kappa shape index (κ3) is 3.86. The average molecular weight is 371 g/mol. The number of para-hydroxylation sites is 1. The molecular weight excluding hydrogens is 347 g/mol. The molecule has 1 fully saturated rings. The normalized spacial score (nSPS) is 18.4. The molecule has 6 heteroatoms. The highest BCUT2D eigenvalue weighted by Gasteiger charge is 2.41. The van der Waals surface area contributed by atoms with Gasteiger partial charge in [0.25, 0.3) is 0 Å². The number of hydrogen-bond acceptors (Lipinski definition) is 2. The Hall–Kier alpha value is -1.26. The Morgan fingerprint density at radius 2 is 1.88 bits per heavy atom. The maximum absolute atomic E-state index is 13.0. The van der Waals surface area contributed by atoms with E-state index in [0.717, 1.165) is 25.7 Å². The maximum Gasteiger partial charge on any atom is 0.239 e. The van der Waals surface area contributed by atoms with Crippen molar-refractivity contribution >= 4 is 40.7 Å². The topological polar surface area (TPSA) is 49.4 Å². The highest BCUT2D eigenvalue weighted by atomic mass is 35.5. The van der Waals surface area contributed by atoms with Gasteiger partial charge < -0.3 is 10.2 Å². The van der Waals surface area contributed by atoms with Crippen LogP contribution in [-0.4, -0.2) is 29.3 Å².